The summed E-state index contributed by atoms with van der Waals surface area (Å²) in [4.78, 5) is 7.18. The number of hydrogen-bond donors (Lipinski definition) is 2. The Morgan fingerprint density at radius 2 is 2.00 bits per heavy atom. The van der Waals surface area contributed by atoms with Crippen LogP contribution >= 0.6 is 0 Å². The molecule has 0 radical (unpaired) electrons. The van der Waals surface area contributed by atoms with Gasteiger partial charge in [0.25, 0.3) is 0 Å². The molecule has 1 fully saturated rings. The lowest BCUT2D eigenvalue weighted by atomic mass is 10.0. The van der Waals surface area contributed by atoms with Crippen LogP contribution in [-0.4, -0.2) is 38.8 Å². The van der Waals surface area contributed by atoms with Crippen LogP contribution in [0.15, 0.2) is 24.7 Å². The minimum Gasteiger partial charge on any atom is -0.301 e. The van der Waals surface area contributed by atoms with E-state index in [1.54, 1.807) is 0 Å². The van der Waals surface area contributed by atoms with Crippen molar-refractivity contribution in [2.45, 2.75) is 51.7 Å². The van der Waals surface area contributed by atoms with E-state index in [2.05, 4.69) is 63.6 Å². The summed E-state index contributed by atoms with van der Waals surface area (Å²) < 4.78 is 2.16. The molecular weight excluding hydrogens is 300 g/mol. The van der Waals surface area contributed by atoms with Gasteiger partial charge >= 0.3 is 0 Å². The number of pyridine rings is 1. The molecule has 1 atom stereocenters. The zero-order valence-corrected chi connectivity index (χ0v) is 14.7. The topological polar surface area (TPSA) is 62.6 Å². The number of quaternary nitrogens is 1. The summed E-state index contributed by atoms with van der Waals surface area (Å²) in [7, 11) is 0. The van der Waals surface area contributed by atoms with Gasteiger partial charge in [0.2, 0.25) is 0 Å². The molecule has 0 bridgehead atoms. The van der Waals surface area contributed by atoms with Gasteiger partial charge in [-0.3, -0.25) is 9.67 Å². The number of nitrogens with two attached hydrogens (primary N) is 1. The van der Waals surface area contributed by atoms with Crippen LogP contribution in [0.1, 0.15) is 51.4 Å². The maximum absolute atomic E-state index is 4.64. The summed E-state index contributed by atoms with van der Waals surface area (Å²) >= 11 is 0. The van der Waals surface area contributed by atoms with Crippen LogP contribution in [0.4, 0.5) is 5.69 Å². The minimum absolute atomic E-state index is 0.308. The first kappa shape index (κ1) is 15.7. The van der Waals surface area contributed by atoms with Crippen molar-refractivity contribution in [2.75, 3.05) is 13.1 Å². The quantitative estimate of drug-likeness (QED) is 0.844. The fourth-order valence-electron chi connectivity index (χ4n) is 3.77. The summed E-state index contributed by atoms with van der Waals surface area (Å²) in [5, 5.41) is 4.64. The zero-order valence-electron chi connectivity index (χ0n) is 14.7. The van der Waals surface area contributed by atoms with E-state index in [4.69, 9.17) is 0 Å². The van der Waals surface area contributed by atoms with Crippen molar-refractivity contribution >= 4 is 5.69 Å². The largest absolute Gasteiger partial charge is 0.301 e. The van der Waals surface area contributed by atoms with Crippen LogP contribution in [0.2, 0.25) is 0 Å². The van der Waals surface area contributed by atoms with E-state index in [0.717, 1.165) is 29.9 Å². The number of nitrogens with zero attached hydrogens (tertiary/aromatic N) is 4. The van der Waals surface area contributed by atoms with E-state index in [1.165, 1.54) is 18.5 Å². The predicted octanol–water partition coefficient (Wildman–Crippen LogP) is 1.76. The second kappa shape index (κ2) is 6.27. The van der Waals surface area contributed by atoms with Gasteiger partial charge in [-0.2, -0.15) is 10.5 Å². The predicted molar refractivity (Wildman–Crippen MR) is 93.6 cm³/mol. The monoisotopic (exact) mass is 327 g/mol. The molecule has 1 unspecified atom stereocenters. The molecular formula is C18H27N6+. The molecule has 3 N–H and O–H groups in total. The number of likely N-dealkylation sites (tertiary alicyclic amines) is 1. The van der Waals surface area contributed by atoms with E-state index in [-0.39, 0.29) is 0 Å². The molecule has 0 aromatic carbocycles. The van der Waals surface area contributed by atoms with E-state index in [9.17, 15) is 0 Å². The van der Waals surface area contributed by atoms with Crippen LogP contribution in [0, 0.1) is 0 Å². The Morgan fingerprint density at radius 1 is 1.21 bits per heavy atom. The second-order valence-corrected chi connectivity index (χ2v) is 7.30. The van der Waals surface area contributed by atoms with E-state index in [1.807, 2.05) is 12.4 Å². The van der Waals surface area contributed by atoms with Gasteiger partial charge in [-0.15, -0.1) is 0 Å². The van der Waals surface area contributed by atoms with Gasteiger partial charge in [-0.05, 0) is 33.6 Å². The molecule has 2 aromatic heterocycles. The molecule has 2 aliphatic heterocycles. The summed E-state index contributed by atoms with van der Waals surface area (Å²) in [5.74, 6) is 0. The van der Waals surface area contributed by atoms with E-state index < -0.39 is 0 Å². The lowest BCUT2D eigenvalue weighted by molar-refractivity contribution is -0.628. The van der Waals surface area contributed by atoms with Crippen molar-refractivity contribution in [3.63, 3.8) is 0 Å². The van der Waals surface area contributed by atoms with Crippen molar-refractivity contribution in [1.82, 2.24) is 25.1 Å². The first-order valence-corrected chi connectivity index (χ1v) is 8.99. The third-order valence-corrected chi connectivity index (χ3v) is 5.39. The molecule has 2 aliphatic rings. The van der Waals surface area contributed by atoms with Crippen LogP contribution < -0.4 is 10.9 Å². The van der Waals surface area contributed by atoms with E-state index in [0.29, 0.717) is 18.1 Å². The Bertz CT molecular complexity index is 714. The maximum Gasteiger partial charge on any atom is 0.172 e. The van der Waals surface area contributed by atoms with Crippen LogP contribution in [0.25, 0.3) is 11.1 Å². The Hall–Kier alpha value is -1.76. The van der Waals surface area contributed by atoms with Crippen molar-refractivity contribution < 1.29 is 5.43 Å². The molecule has 0 spiro atoms. The first-order chi connectivity index (χ1) is 11.6. The normalized spacial score (nSPS) is 22.2. The van der Waals surface area contributed by atoms with Crippen molar-refractivity contribution in [2.24, 2.45) is 0 Å². The summed E-state index contributed by atoms with van der Waals surface area (Å²) in [6, 6.07) is 3.68. The first-order valence-electron chi connectivity index (χ1n) is 8.99. The average molecular weight is 327 g/mol. The lowest BCUT2D eigenvalue weighted by Gasteiger charge is -2.34. The molecule has 0 amide bonds. The summed E-state index contributed by atoms with van der Waals surface area (Å²) in [6.45, 7) is 9.02. The maximum atomic E-state index is 4.64. The van der Waals surface area contributed by atoms with Crippen molar-refractivity contribution in [3.8, 4) is 11.1 Å². The van der Waals surface area contributed by atoms with Crippen LogP contribution in [0.5, 0.6) is 0 Å². The van der Waals surface area contributed by atoms with Gasteiger partial charge in [0.15, 0.2) is 5.69 Å². The Labute approximate surface area is 143 Å². The number of rotatable bonds is 3. The molecule has 6 nitrogen and oxygen atoms in total. The smallest absolute Gasteiger partial charge is 0.172 e. The van der Waals surface area contributed by atoms with Crippen LogP contribution in [0.3, 0.4) is 0 Å². The number of aromatic nitrogens is 3. The average Bonchev–Trinajstić information content (AvgIpc) is 3.22. The molecule has 24 heavy (non-hydrogen) atoms. The molecule has 4 heterocycles. The highest BCUT2D eigenvalue weighted by molar-refractivity contribution is 5.64. The molecule has 0 saturated carbocycles. The third-order valence-electron chi connectivity index (χ3n) is 5.39. The van der Waals surface area contributed by atoms with Crippen LogP contribution in [-0.2, 0) is 0 Å². The second-order valence-electron chi connectivity index (χ2n) is 7.30. The fourth-order valence-corrected chi connectivity index (χ4v) is 3.77. The molecule has 6 heteroatoms. The van der Waals surface area contributed by atoms with Gasteiger partial charge in [-0.25, -0.2) is 5.43 Å². The summed E-state index contributed by atoms with van der Waals surface area (Å²) in [5.41, 5.74) is 10.0. The molecule has 4 rings (SSSR count). The molecule has 128 valence electrons. The number of fused-ring (bicyclic) bond motifs is 1. The van der Waals surface area contributed by atoms with Gasteiger partial charge < -0.3 is 4.90 Å². The Balaban J connectivity index is 1.50. The highest BCUT2D eigenvalue weighted by atomic mass is 15.4. The molecule has 0 aliphatic carbocycles. The van der Waals surface area contributed by atoms with Gasteiger partial charge in [0.1, 0.15) is 11.7 Å². The standard InChI is InChI=1S/C18H26N6/c1-12(2)23-6-4-16(5-7-23)24-11-15(10-20-24)14-8-17-18(19-9-14)13(3)21-22-17/h8-13,16,21-22H,4-7H2,1-3H3/p+1. The Morgan fingerprint density at radius 3 is 2.75 bits per heavy atom. The molecule has 1 saturated heterocycles. The van der Waals surface area contributed by atoms with Crippen molar-refractivity contribution in [1.29, 1.82) is 0 Å². The van der Waals surface area contributed by atoms with Gasteiger partial charge in [0, 0.05) is 48.7 Å². The number of hydrogen-bond acceptors (Lipinski definition) is 4. The highest BCUT2D eigenvalue weighted by Crippen LogP contribution is 2.28. The third kappa shape index (κ3) is 2.85. The fraction of sp³-hybridized carbons (Fsp3) is 0.556. The van der Waals surface area contributed by atoms with E-state index >= 15 is 0 Å². The van der Waals surface area contributed by atoms with Crippen molar-refractivity contribution in [3.05, 3.63) is 30.4 Å². The highest BCUT2D eigenvalue weighted by Gasteiger charge is 2.25. The number of piperidine rings is 1. The zero-order chi connectivity index (χ0) is 16.7. The molecule has 2 aromatic rings. The van der Waals surface area contributed by atoms with Gasteiger partial charge in [-0.1, -0.05) is 0 Å². The lowest BCUT2D eigenvalue weighted by Crippen LogP contribution is -2.85. The minimum atomic E-state index is 0.308. The Kier molecular flexibility index (Phi) is 4.12. The van der Waals surface area contributed by atoms with Gasteiger partial charge in [0.05, 0.1) is 12.2 Å². The SMILES string of the molecule is CC1N[NH2+]c2cc(-c3cnn(C4CCN(C(C)C)CC4)c3)cnc21. The summed E-state index contributed by atoms with van der Waals surface area (Å²) in [6.07, 6.45) is 8.49. The number of nitrogens with one attached hydrogen (secondary N) is 1.